The highest BCUT2D eigenvalue weighted by molar-refractivity contribution is 6.18. The van der Waals surface area contributed by atoms with Crippen molar-refractivity contribution >= 4 is 17.6 Å². The molecule has 1 fully saturated rings. The molecule has 136 valence electrons. The van der Waals surface area contributed by atoms with Crippen molar-refractivity contribution in [2.45, 2.75) is 50.9 Å². The van der Waals surface area contributed by atoms with Crippen LogP contribution in [0.1, 0.15) is 20.3 Å². The Kier molecular flexibility index (Phi) is 8.52. The number of nitrogens with one attached hydrogen (secondary N) is 1. The quantitative estimate of drug-likeness (QED) is 0.377. The number of ether oxygens (including phenoxy) is 1. The van der Waals surface area contributed by atoms with Crippen LogP contribution in [0.25, 0.3) is 0 Å². The van der Waals surface area contributed by atoms with E-state index < -0.39 is 43.3 Å². The molecule has 23 heavy (non-hydrogen) atoms. The van der Waals surface area contributed by atoms with E-state index in [9.17, 15) is 25.2 Å². The summed E-state index contributed by atoms with van der Waals surface area (Å²) in [4.78, 5) is 13.6. The number of alkyl halides is 1. The van der Waals surface area contributed by atoms with Gasteiger partial charge in [0, 0.05) is 19.0 Å². The van der Waals surface area contributed by atoms with E-state index in [1.165, 1.54) is 4.90 Å². The van der Waals surface area contributed by atoms with E-state index in [1.807, 2.05) is 13.8 Å². The highest BCUT2D eigenvalue weighted by Gasteiger charge is 2.46. The lowest BCUT2D eigenvalue weighted by molar-refractivity contribution is -0.257. The van der Waals surface area contributed by atoms with E-state index in [-0.39, 0.29) is 19.0 Å². The first kappa shape index (κ1) is 20.4. The number of nitrogens with zero attached hydrogens (tertiary/aromatic N) is 1. The minimum atomic E-state index is -1.52. The van der Waals surface area contributed by atoms with Gasteiger partial charge in [0.1, 0.15) is 24.4 Å². The maximum atomic E-state index is 12.3. The standard InChI is InChI=1S/C14H27ClN2O6/c1-8(2)3-6-17(14(22)16-5-4-15)13-12(21)11(20)10(19)9(7-18)23-13/h8-13,18-21H,3-7H2,1-2H3,(H,16,22)/t9-,10+,11+,12-,13-/m1/s1. The fraction of sp³-hybridized carbons (Fsp3) is 0.929. The van der Waals surface area contributed by atoms with Crippen LogP contribution in [-0.2, 0) is 4.74 Å². The highest BCUT2D eigenvalue weighted by Crippen LogP contribution is 2.24. The number of halogens is 1. The number of hydrogen-bond acceptors (Lipinski definition) is 6. The molecule has 1 rings (SSSR count). The predicted molar refractivity (Wildman–Crippen MR) is 84.0 cm³/mol. The van der Waals surface area contributed by atoms with Crippen molar-refractivity contribution in [2.75, 3.05) is 25.6 Å². The van der Waals surface area contributed by atoms with Gasteiger partial charge in [-0.15, -0.1) is 11.6 Å². The largest absolute Gasteiger partial charge is 0.394 e. The van der Waals surface area contributed by atoms with Gasteiger partial charge in [0.25, 0.3) is 0 Å². The molecule has 0 aliphatic carbocycles. The zero-order chi connectivity index (χ0) is 17.6. The summed E-state index contributed by atoms with van der Waals surface area (Å²) in [6.45, 7) is 3.97. The Labute approximate surface area is 141 Å². The summed E-state index contributed by atoms with van der Waals surface area (Å²) in [6.07, 6.45) is -6.02. The van der Waals surface area contributed by atoms with Crippen LogP contribution in [0.2, 0.25) is 0 Å². The van der Waals surface area contributed by atoms with Crippen molar-refractivity contribution in [1.29, 1.82) is 0 Å². The number of urea groups is 1. The molecule has 1 aliphatic rings. The molecular weight excluding hydrogens is 328 g/mol. The van der Waals surface area contributed by atoms with Gasteiger partial charge in [-0.3, -0.25) is 4.90 Å². The lowest BCUT2D eigenvalue weighted by Crippen LogP contribution is -2.65. The number of aliphatic hydroxyl groups excluding tert-OH is 4. The van der Waals surface area contributed by atoms with Gasteiger partial charge < -0.3 is 30.5 Å². The molecular formula is C14H27ClN2O6. The van der Waals surface area contributed by atoms with Gasteiger partial charge >= 0.3 is 6.03 Å². The van der Waals surface area contributed by atoms with Crippen molar-refractivity contribution in [3.8, 4) is 0 Å². The van der Waals surface area contributed by atoms with Gasteiger partial charge in [0.05, 0.1) is 6.61 Å². The number of rotatable bonds is 7. The first-order valence-electron chi connectivity index (χ1n) is 7.74. The van der Waals surface area contributed by atoms with Crippen LogP contribution in [0.15, 0.2) is 0 Å². The van der Waals surface area contributed by atoms with Gasteiger partial charge in [-0.05, 0) is 12.3 Å². The zero-order valence-electron chi connectivity index (χ0n) is 13.4. The van der Waals surface area contributed by atoms with E-state index in [4.69, 9.17) is 16.3 Å². The number of hydrogen-bond donors (Lipinski definition) is 5. The molecule has 0 aromatic rings. The summed E-state index contributed by atoms with van der Waals surface area (Å²) < 4.78 is 5.45. The fourth-order valence-corrected chi connectivity index (χ4v) is 2.43. The summed E-state index contributed by atoms with van der Waals surface area (Å²) in [5.74, 6) is 0.543. The molecule has 1 heterocycles. The molecule has 5 atom stereocenters. The van der Waals surface area contributed by atoms with Gasteiger partial charge in [0.15, 0.2) is 6.23 Å². The molecule has 0 aromatic heterocycles. The van der Waals surface area contributed by atoms with E-state index in [0.717, 1.165) is 0 Å². The Balaban J connectivity index is 2.91. The van der Waals surface area contributed by atoms with Crippen LogP contribution in [0.3, 0.4) is 0 Å². The second-order valence-electron chi connectivity index (χ2n) is 6.02. The zero-order valence-corrected chi connectivity index (χ0v) is 14.2. The molecule has 0 bridgehead atoms. The van der Waals surface area contributed by atoms with Crippen molar-refractivity contribution in [2.24, 2.45) is 5.92 Å². The Morgan fingerprint density at radius 2 is 1.91 bits per heavy atom. The molecule has 0 unspecified atom stereocenters. The second-order valence-corrected chi connectivity index (χ2v) is 6.39. The lowest BCUT2D eigenvalue weighted by atomic mass is 9.97. The predicted octanol–water partition coefficient (Wildman–Crippen LogP) is -0.917. The van der Waals surface area contributed by atoms with Crippen molar-refractivity contribution in [3.63, 3.8) is 0 Å². The van der Waals surface area contributed by atoms with Crippen molar-refractivity contribution < 1.29 is 30.0 Å². The molecule has 5 N–H and O–H groups in total. The molecule has 2 amide bonds. The molecule has 0 radical (unpaired) electrons. The number of aliphatic hydroxyl groups is 4. The van der Waals surface area contributed by atoms with Crippen LogP contribution >= 0.6 is 11.6 Å². The summed E-state index contributed by atoms with van der Waals surface area (Å²) >= 11 is 5.56. The summed E-state index contributed by atoms with van der Waals surface area (Å²) in [5, 5.41) is 41.7. The molecule has 0 spiro atoms. The molecule has 9 heteroatoms. The molecule has 1 aliphatic heterocycles. The van der Waals surface area contributed by atoms with E-state index in [2.05, 4.69) is 5.32 Å². The Hall–Kier alpha value is -0.640. The first-order valence-corrected chi connectivity index (χ1v) is 8.27. The molecule has 8 nitrogen and oxygen atoms in total. The Morgan fingerprint density at radius 1 is 1.26 bits per heavy atom. The average molecular weight is 355 g/mol. The first-order chi connectivity index (χ1) is 10.8. The van der Waals surface area contributed by atoms with E-state index in [1.54, 1.807) is 0 Å². The van der Waals surface area contributed by atoms with Crippen molar-refractivity contribution in [3.05, 3.63) is 0 Å². The second kappa shape index (κ2) is 9.61. The Morgan fingerprint density at radius 3 is 2.43 bits per heavy atom. The fourth-order valence-electron chi connectivity index (χ4n) is 2.34. The third-order valence-electron chi connectivity index (χ3n) is 3.75. The van der Waals surface area contributed by atoms with Crippen LogP contribution in [0.4, 0.5) is 4.79 Å². The van der Waals surface area contributed by atoms with E-state index >= 15 is 0 Å². The van der Waals surface area contributed by atoms with Crippen LogP contribution in [0.5, 0.6) is 0 Å². The van der Waals surface area contributed by atoms with Crippen LogP contribution in [-0.4, -0.2) is 87.6 Å². The Bertz CT molecular complexity index is 371. The molecule has 1 saturated heterocycles. The SMILES string of the molecule is CC(C)CCN(C(=O)NCCCl)[C@@H]1O[C@H](CO)[C@H](O)[C@H](O)[C@H]1O. The molecule has 0 aromatic carbocycles. The smallest absolute Gasteiger partial charge is 0.319 e. The van der Waals surface area contributed by atoms with Crippen LogP contribution in [0, 0.1) is 5.92 Å². The normalized spacial score (nSPS) is 31.2. The van der Waals surface area contributed by atoms with Gasteiger partial charge in [-0.1, -0.05) is 13.8 Å². The topological polar surface area (TPSA) is 122 Å². The monoisotopic (exact) mass is 354 g/mol. The third-order valence-corrected chi connectivity index (χ3v) is 3.94. The summed E-state index contributed by atoms with van der Waals surface area (Å²) in [6, 6.07) is -0.490. The maximum Gasteiger partial charge on any atom is 0.319 e. The van der Waals surface area contributed by atoms with Gasteiger partial charge in [-0.2, -0.15) is 0 Å². The average Bonchev–Trinajstić information content (AvgIpc) is 2.52. The van der Waals surface area contributed by atoms with Gasteiger partial charge in [-0.25, -0.2) is 4.79 Å². The number of carbonyl (C=O) groups is 1. The van der Waals surface area contributed by atoms with Crippen LogP contribution < -0.4 is 5.32 Å². The number of amides is 2. The molecule has 0 saturated carbocycles. The van der Waals surface area contributed by atoms with Gasteiger partial charge in [0.2, 0.25) is 0 Å². The maximum absolute atomic E-state index is 12.3. The van der Waals surface area contributed by atoms with E-state index in [0.29, 0.717) is 12.3 Å². The lowest BCUT2D eigenvalue weighted by Gasteiger charge is -2.44. The minimum absolute atomic E-state index is 0.235. The minimum Gasteiger partial charge on any atom is -0.394 e. The van der Waals surface area contributed by atoms with Crippen molar-refractivity contribution in [1.82, 2.24) is 10.2 Å². The highest BCUT2D eigenvalue weighted by atomic mass is 35.5. The third kappa shape index (κ3) is 5.44. The summed E-state index contributed by atoms with van der Waals surface area (Å²) in [7, 11) is 0. The number of carbonyl (C=O) groups excluding carboxylic acids is 1. The summed E-state index contributed by atoms with van der Waals surface area (Å²) in [5.41, 5.74) is 0.